The Morgan fingerprint density at radius 1 is 1.67 bits per heavy atom. The Kier molecular flexibility index (Phi) is 3.85. The van der Waals surface area contributed by atoms with Gasteiger partial charge >= 0.3 is 0 Å². The average Bonchev–Trinajstić information content (AvgIpc) is 2.56. The molecule has 1 aromatic rings. The van der Waals surface area contributed by atoms with Gasteiger partial charge in [-0.2, -0.15) is 0 Å². The largest absolute Gasteiger partial charge is 0.375 e. The molecule has 0 amide bonds. The zero-order valence-corrected chi connectivity index (χ0v) is 10.2. The van der Waals surface area contributed by atoms with E-state index in [-0.39, 0.29) is 0 Å². The van der Waals surface area contributed by atoms with Gasteiger partial charge in [-0.1, -0.05) is 11.3 Å². The standard InChI is InChI=1S/C9H14N2O2S2/c1-6-8(15-9(10)11-6)14-4-7-2-3-12-5-13-7/h7H,2-5H2,1H3,(H2,10,11). The van der Waals surface area contributed by atoms with Gasteiger partial charge in [0.05, 0.1) is 22.6 Å². The molecule has 84 valence electrons. The summed E-state index contributed by atoms with van der Waals surface area (Å²) in [5, 5.41) is 0.642. The van der Waals surface area contributed by atoms with Crippen molar-refractivity contribution >= 4 is 28.2 Å². The van der Waals surface area contributed by atoms with Crippen LogP contribution in [0.3, 0.4) is 0 Å². The predicted octanol–water partition coefficient (Wildman–Crippen LogP) is 1.89. The first-order valence-corrected chi connectivity index (χ1v) is 6.61. The van der Waals surface area contributed by atoms with E-state index in [1.807, 2.05) is 6.92 Å². The number of hydrogen-bond acceptors (Lipinski definition) is 6. The van der Waals surface area contributed by atoms with Crippen LogP contribution in [0.4, 0.5) is 5.13 Å². The molecule has 1 atom stereocenters. The highest BCUT2D eigenvalue weighted by Crippen LogP contribution is 2.31. The van der Waals surface area contributed by atoms with Crippen molar-refractivity contribution in [2.45, 2.75) is 23.7 Å². The van der Waals surface area contributed by atoms with Gasteiger partial charge in [0.2, 0.25) is 0 Å². The van der Waals surface area contributed by atoms with Crippen LogP contribution >= 0.6 is 23.1 Å². The molecule has 1 aliphatic heterocycles. The minimum absolute atomic E-state index is 0.298. The SMILES string of the molecule is Cc1nc(N)sc1SCC1CCOCO1. The van der Waals surface area contributed by atoms with Crippen molar-refractivity contribution in [1.82, 2.24) is 4.98 Å². The molecule has 0 spiro atoms. The van der Waals surface area contributed by atoms with Crippen molar-refractivity contribution < 1.29 is 9.47 Å². The molecule has 1 fully saturated rings. The number of nitrogens with zero attached hydrogens (tertiary/aromatic N) is 1. The van der Waals surface area contributed by atoms with Crippen LogP contribution in [0.1, 0.15) is 12.1 Å². The lowest BCUT2D eigenvalue weighted by atomic mass is 10.3. The summed E-state index contributed by atoms with van der Waals surface area (Å²) in [4.78, 5) is 4.18. The number of ether oxygens (including phenoxy) is 2. The van der Waals surface area contributed by atoms with Gasteiger partial charge in [0.15, 0.2) is 5.13 Å². The van der Waals surface area contributed by atoms with E-state index < -0.39 is 0 Å². The molecule has 0 radical (unpaired) electrons. The van der Waals surface area contributed by atoms with Crippen LogP contribution in [-0.4, -0.2) is 30.2 Å². The van der Waals surface area contributed by atoms with E-state index in [9.17, 15) is 0 Å². The van der Waals surface area contributed by atoms with Crippen LogP contribution in [0, 0.1) is 6.92 Å². The second kappa shape index (κ2) is 5.16. The maximum Gasteiger partial charge on any atom is 0.181 e. The van der Waals surface area contributed by atoms with Gasteiger partial charge < -0.3 is 15.2 Å². The molecule has 1 aliphatic rings. The fourth-order valence-corrected chi connectivity index (χ4v) is 3.45. The fourth-order valence-electron chi connectivity index (χ4n) is 1.34. The van der Waals surface area contributed by atoms with Crippen molar-refractivity contribution in [3.05, 3.63) is 5.69 Å². The van der Waals surface area contributed by atoms with Crippen molar-refractivity contribution in [3.8, 4) is 0 Å². The van der Waals surface area contributed by atoms with Crippen molar-refractivity contribution in [3.63, 3.8) is 0 Å². The van der Waals surface area contributed by atoms with Crippen molar-refractivity contribution in [2.75, 3.05) is 24.9 Å². The lowest BCUT2D eigenvalue weighted by Gasteiger charge is -2.21. The van der Waals surface area contributed by atoms with Crippen LogP contribution in [0.25, 0.3) is 0 Å². The minimum atomic E-state index is 0.298. The first-order chi connectivity index (χ1) is 7.25. The molecular weight excluding hydrogens is 232 g/mol. The lowest BCUT2D eigenvalue weighted by molar-refractivity contribution is -0.130. The fraction of sp³-hybridized carbons (Fsp3) is 0.667. The molecule has 0 bridgehead atoms. The summed E-state index contributed by atoms with van der Waals surface area (Å²) < 4.78 is 11.8. The molecule has 2 rings (SSSR count). The number of rotatable bonds is 3. The molecule has 1 aromatic heterocycles. The van der Waals surface area contributed by atoms with E-state index in [1.54, 1.807) is 23.1 Å². The molecule has 0 aromatic carbocycles. The predicted molar refractivity (Wildman–Crippen MR) is 62.3 cm³/mol. The van der Waals surface area contributed by atoms with Gasteiger partial charge in [-0.3, -0.25) is 0 Å². The molecule has 1 unspecified atom stereocenters. The molecule has 15 heavy (non-hydrogen) atoms. The lowest BCUT2D eigenvalue weighted by Crippen LogP contribution is -2.25. The van der Waals surface area contributed by atoms with Crippen LogP contribution in [-0.2, 0) is 9.47 Å². The maximum absolute atomic E-state index is 5.63. The summed E-state index contributed by atoms with van der Waals surface area (Å²) in [5.74, 6) is 0.950. The molecule has 4 nitrogen and oxygen atoms in total. The van der Waals surface area contributed by atoms with Crippen LogP contribution in [0.15, 0.2) is 4.21 Å². The van der Waals surface area contributed by atoms with Crippen LogP contribution < -0.4 is 5.73 Å². The summed E-state index contributed by atoms with van der Waals surface area (Å²) in [7, 11) is 0. The van der Waals surface area contributed by atoms with Gasteiger partial charge in [-0.15, -0.1) is 11.8 Å². The summed E-state index contributed by atoms with van der Waals surface area (Å²) >= 11 is 3.32. The first-order valence-electron chi connectivity index (χ1n) is 4.81. The number of hydrogen-bond donors (Lipinski definition) is 1. The second-order valence-corrected chi connectivity index (χ2v) is 5.66. The highest BCUT2D eigenvalue weighted by Gasteiger charge is 2.15. The topological polar surface area (TPSA) is 57.4 Å². The van der Waals surface area contributed by atoms with Crippen molar-refractivity contribution in [2.24, 2.45) is 0 Å². The summed E-state index contributed by atoms with van der Waals surface area (Å²) in [5.41, 5.74) is 6.65. The quantitative estimate of drug-likeness (QED) is 0.825. The number of thiazole rings is 1. The van der Waals surface area contributed by atoms with Gasteiger partial charge in [-0.05, 0) is 13.3 Å². The monoisotopic (exact) mass is 246 g/mol. The third kappa shape index (κ3) is 3.07. The molecular formula is C9H14N2O2S2. The highest BCUT2D eigenvalue weighted by molar-refractivity contribution is 8.01. The molecule has 2 N–H and O–H groups in total. The van der Waals surface area contributed by atoms with Crippen LogP contribution in [0.2, 0.25) is 0 Å². The molecule has 1 saturated heterocycles. The Balaban J connectivity index is 1.84. The molecule has 6 heteroatoms. The number of aromatic nitrogens is 1. The first kappa shape index (κ1) is 11.2. The number of nitrogens with two attached hydrogens (primary N) is 1. The molecule has 2 heterocycles. The van der Waals surface area contributed by atoms with E-state index in [1.165, 1.54) is 4.21 Å². The Morgan fingerprint density at radius 2 is 2.53 bits per heavy atom. The Hall–Kier alpha value is -0.300. The Labute approximate surface area is 97.2 Å². The second-order valence-electron chi connectivity index (χ2n) is 3.34. The van der Waals surface area contributed by atoms with E-state index in [2.05, 4.69) is 4.98 Å². The minimum Gasteiger partial charge on any atom is -0.375 e. The molecule has 0 saturated carbocycles. The zero-order chi connectivity index (χ0) is 10.7. The summed E-state index contributed by atoms with van der Waals surface area (Å²) in [6.07, 6.45) is 1.27. The number of aryl methyl sites for hydroxylation is 1. The third-order valence-electron chi connectivity index (χ3n) is 2.14. The third-order valence-corrected chi connectivity index (χ3v) is 4.62. The summed E-state index contributed by atoms with van der Waals surface area (Å²) in [6, 6.07) is 0. The van der Waals surface area contributed by atoms with E-state index in [0.717, 1.165) is 24.5 Å². The highest BCUT2D eigenvalue weighted by atomic mass is 32.2. The number of thioether (sulfide) groups is 1. The van der Waals surface area contributed by atoms with Crippen molar-refractivity contribution in [1.29, 1.82) is 0 Å². The van der Waals surface area contributed by atoms with E-state index in [4.69, 9.17) is 15.2 Å². The maximum atomic E-state index is 5.63. The normalized spacial score (nSPS) is 21.8. The number of nitrogen functional groups attached to an aromatic ring is 1. The van der Waals surface area contributed by atoms with Gasteiger partial charge in [0.1, 0.15) is 6.79 Å². The van der Waals surface area contributed by atoms with Gasteiger partial charge in [0, 0.05) is 5.75 Å². The van der Waals surface area contributed by atoms with E-state index >= 15 is 0 Å². The van der Waals surface area contributed by atoms with E-state index in [0.29, 0.717) is 18.0 Å². The smallest absolute Gasteiger partial charge is 0.181 e. The zero-order valence-electron chi connectivity index (χ0n) is 8.56. The Morgan fingerprint density at radius 3 is 3.13 bits per heavy atom. The van der Waals surface area contributed by atoms with Gasteiger partial charge in [0.25, 0.3) is 0 Å². The Bertz CT molecular complexity index is 324. The van der Waals surface area contributed by atoms with Gasteiger partial charge in [-0.25, -0.2) is 4.98 Å². The van der Waals surface area contributed by atoms with Crippen LogP contribution in [0.5, 0.6) is 0 Å². The number of anilines is 1. The average molecular weight is 246 g/mol. The summed E-state index contributed by atoms with van der Waals surface area (Å²) in [6.45, 7) is 3.21. The molecule has 0 aliphatic carbocycles.